The number of carbonyl (C=O) groups excluding carboxylic acids is 1. The fraction of sp³-hybridized carbons (Fsp3) is 0.417. The van der Waals surface area contributed by atoms with Crippen LogP contribution in [0.4, 0.5) is 10.1 Å². The van der Waals surface area contributed by atoms with Gasteiger partial charge in [-0.1, -0.05) is 0 Å². The largest absolute Gasteiger partial charge is 0.366 e. The van der Waals surface area contributed by atoms with E-state index >= 15 is 0 Å². The third-order valence-corrected chi connectivity index (χ3v) is 3.48. The fourth-order valence-electron chi connectivity index (χ4n) is 1.22. The number of halogens is 2. The average molecular weight is 324 g/mol. The standard InChI is InChI=1S/C12H15ClFNO4S/c1-12(2,3)19-7-11(16)15-10-5-4-8(6-9(10)14)20(13,17)18/h4-6H,7H2,1-3H3,(H,15,16). The Bertz CT molecular complexity index is 610. The number of anilines is 1. The smallest absolute Gasteiger partial charge is 0.261 e. The first-order valence-electron chi connectivity index (χ1n) is 5.67. The molecule has 0 radical (unpaired) electrons. The Labute approximate surface area is 121 Å². The van der Waals surface area contributed by atoms with Crippen LogP contribution in [0.1, 0.15) is 20.8 Å². The molecule has 8 heteroatoms. The number of nitrogens with one attached hydrogen (secondary N) is 1. The number of amides is 1. The summed E-state index contributed by atoms with van der Waals surface area (Å²) in [5.74, 6) is -1.43. The highest BCUT2D eigenvalue weighted by Crippen LogP contribution is 2.21. The number of rotatable bonds is 4. The number of hydrogen-bond donors (Lipinski definition) is 1. The minimum Gasteiger partial charge on any atom is -0.366 e. The van der Waals surface area contributed by atoms with Crippen LogP contribution >= 0.6 is 10.7 Å². The first kappa shape index (κ1) is 16.9. The maximum atomic E-state index is 13.6. The van der Waals surface area contributed by atoms with Crippen molar-refractivity contribution in [3.8, 4) is 0 Å². The summed E-state index contributed by atoms with van der Waals surface area (Å²) in [6, 6.07) is 2.97. The average Bonchev–Trinajstić information content (AvgIpc) is 2.27. The van der Waals surface area contributed by atoms with Gasteiger partial charge in [0, 0.05) is 10.7 Å². The van der Waals surface area contributed by atoms with Crippen molar-refractivity contribution in [2.75, 3.05) is 11.9 Å². The molecular weight excluding hydrogens is 309 g/mol. The highest BCUT2D eigenvalue weighted by molar-refractivity contribution is 8.13. The molecule has 0 spiro atoms. The van der Waals surface area contributed by atoms with Crippen molar-refractivity contribution < 1.29 is 22.3 Å². The first-order valence-corrected chi connectivity index (χ1v) is 7.98. The van der Waals surface area contributed by atoms with Crippen LogP contribution in [0, 0.1) is 5.82 Å². The highest BCUT2D eigenvalue weighted by atomic mass is 35.7. The lowest BCUT2D eigenvalue weighted by molar-refractivity contribution is -0.125. The summed E-state index contributed by atoms with van der Waals surface area (Å²) in [6.45, 7) is 5.10. The molecule has 1 aromatic rings. The van der Waals surface area contributed by atoms with Crippen molar-refractivity contribution in [1.82, 2.24) is 0 Å². The number of ether oxygens (including phenoxy) is 1. The van der Waals surface area contributed by atoms with Gasteiger partial charge in [0.2, 0.25) is 5.91 Å². The lowest BCUT2D eigenvalue weighted by Crippen LogP contribution is -2.27. The maximum Gasteiger partial charge on any atom is 0.261 e. The Balaban J connectivity index is 2.77. The summed E-state index contributed by atoms with van der Waals surface area (Å²) in [7, 11) is 1.08. The third kappa shape index (κ3) is 5.44. The minimum atomic E-state index is -4.01. The SMILES string of the molecule is CC(C)(C)OCC(=O)Nc1ccc(S(=O)(=O)Cl)cc1F. The van der Waals surface area contributed by atoms with Gasteiger partial charge in [0.25, 0.3) is 9.05 Å². The monoisotopic (exact) mass is 323 g/mol. The van der Waals surface area contributed by atoms with Crippen LogP contribution in [0.3, 0.4) is 0 Å². The van der Waals surface area contributed by atoms with Crippen LogP contribution in [0.15, 0.2) is 23.1 Å². The van der Waals surface area contributed by atoms with Crippen LogP contribution < -0.4 is 5.32 Å². The normalized spacial score (nSPS) is 12.2. The van der Waals surface area contributed by atoms with E-state index in [0.717, 1.165) is 18.2 Å². The molecule has 0 aliphatic heterocycles. The Kier molecular flexibility index (Phi) is 5.12. The molecule has 5 nitrogen and oxygen atoms in total. The molecule has 0 aliphatic carbocycles. The van der Waals surface area contributed by atoms with Crippen LogP contribution in [-0.4, -0.2) is 26.5 Å². The number of benzene rings is 1. The van der Waals surface area contributed by atoms with Crippen molar-refractivity contribution >= 4 is 31.3 Å². The van der Waals surface area contributed by atoms with Gasteiger partial charge in [-0.05, 0) is 39.0 Å². The molecule has 0 bridgehead atoms. The van der Waals surface area contributed by atoms with E-state index in [4.69, 9.17) is 15.4 Å². The van der Waals surface area contributed by atoms with Crippen LogP contribution in [0.25, 0.3) is 0 Å². The van der Waals surface area contributed by atoms with E-state index in [2.05, 4.69) is 5.32 Å². The van der Waals surface area contributed by atoms with Gasteiger partial charge >= 0.3 is 0 Å². The van der Waals surface area contributed by atoms with E-state index in [1.54, 1.807) is 20.8 Å². The Morgan fingerprint density at radius 3 is 2.45 bits per heavy atom. The molecule has 0 atom stereocenters. The molecule has 1 amide bonds. The lowest BCUT2D eigenvalue weighted by atomic mass is 10.2. The molecule has 0 saturated heterocycles. The zero-order valence-corrected chi connectivity index (χ0v) is 12.8. The van der Waals surface area contributed by atoms with Gasteiger partial charge in [-0.2, -0.15) is 0 Å². The zero-order valence-electron chi connectivity index (χ0n) is 11.2. The molecule has 0 fully saturated rings. The second-order valence-corrected chi connectivity index (χ2v) is 7.59. The Hall–Kier alpha value is -1.18. The first-order chi connectivity index (χ1) is 8.99. The van der Waals surface area contributed by atoms with Gasteiger partial charge in [0.1, 0.15) is 12.4 Å². The second-order valence-electron chi connectivity index (χ2n) is 5.03. The molecule has 0 unspecified atom stereocenters. The predicted molar refractivity (Wildman–Crippen MR) is 73.8 cm³/mol. The molecule has 20 heavy (non-hydrogen) atoms. The second kappa shape index (κ2) is 6.07. The predicted octanol–water partition coefficient (Wildman–Crippen LogP) is 2.51. The topological polar surface area (TPSA) is 72.5 Å². The quantitative estimate of drug-likeness (QED) is 0.864. The van der Waals surface area contributed by atoms with Gasteiger partial charge in [-0.15, -0.1) is 0 Å². The summed E-state index contributed by atoms with van der Waals surface area (Å²) in [5.41, 5.74) is -0.636. The zero-order chi connectivity index (χ0) is 15.6. The van der Waals surface area contributed by atoms with E-state index in [0.29, 0.717) is 0 Å². The summed E-state index contributed by atoms with van der Waals surface area (Å²) >= 11 is 0. The Morgan fingerprint density at radius 1 is 1.40 bits per heavy atom. The van der Waals surface area contributed by atoms with E-state index in [-0.39, 0.29) is 17.2 Å². The number of hydrogen-bond acceptors (Lipinski definition) is 4. The van der Waals surface area contributed by atoms with E-state index < -0.39 is 26.4 Å². The summed E-state index contributed by atoms with van der Waals surface area (Å²) in [6.07, 6.45) is 0. The molecule has 1 N–H and O–H groups in total. The van der Waals surface area contributed by atoms with E-state index in [1.165, 1.54) is 0 Å². The summed E-state index contributed by atoms with van der Waals surface area (Å²) in [5, 5.41) is 2.28. The highest BCUT2D eigenvalue weighted by Gasteiger charge is 2.16. The van der Waals surface area contributed by atoms with Crippen molar-refractivity contribution in [3.63, 3.8) is 0 Å². The van der Waals surface area contributed by atoms with Crippen LogP contribution in [0.5, 0.6) is 0 Å². The van der Waals surface area contributed by atoms with Gasteiger partial charge in [0.05, 0.1) is 16.2 Å². The third-order valence-electron chi connectivity index (χ3n) is 2.13. The van der Waals surface area contributed by atoms with Gasteiger partial charge in [-0.25, -0.2) is 12.8 Å². The van der Waals surface area contributed by atoms with Crippen LogP contribution in [0.2, 0.25) is 0 Å². The molecule has 1 rings (SSSR count). The van der Waals surface area contributed by atoms with Crippen molar-refractivity contribution in [3.05, 3.63) is 24.0 Å². The fourth-order valence-corrected chi connectivity index (χ4v) is 1.98. The molecule has 0 aromatic heterocycles. The molecule has 0 heterocycles. The molecule has 112 valence electrons. The van der Waals surface area contributed by atoms with Crippen molar-refractivity contribution in [2.45, 2.75) is 31.3 Å². The van der Waals surface area contributed by atoms with E-state index in [9.17, 15) is 17.6 Å². The summed E-state index contributed by atoms with van der Waals surface area (Å²) < 4.78 is 40.9. The summed E-state index contributed by atoms with van der Waals surface area (Å²) in [4.78, 5) is 11.2. The molecular formula is C12H15ClFNO4S. The van der Waals surface area contributed by atoms with Crippen LogP contribution in [-0.2, 0) is 18.6 Å². The number of carbonyl (C=O) groups is 1. The Morgan fingerprint density at radius 2 is 2.00 bits per heavy atom. The van der Waals surface area contributed by atoms with Crippen molar-refractivity contribution in [2.24, 2.45) is 0 Å². The van der Waals surface area contributed by atoms with Gasteiger partial charge in [0.15, 0.2) is 0 Å². The molecule has 0 saturated carbocycles. The van der Waals surface area contributed by atoms with E-state index in [1.807, 2.05) is 0 Å². The lowest BCUT2D eigenvalue weighted by Gasteiger charge is -2.19. The van der Waals surface area contributed by atoms with Gasteiger partial charge in [-0.3, -0.25) is 4.79 Å². The maximum absolute atomic E-state index is 13.6. The molecule has 1 aromatic carbocycles. The van der Waals surface area contributed by atoms with Crippen molar-refractivity contribution in [1.29, 1.82) is 0 Å². The minimum absolute atomic E-state index is 0.142. The molecule has 0 aliphatic rings. The van der Waals surface area contributed by atoms with Gasteiger partial charge < -0.3 is 10.1 Å².